The number of carbonyl (C=O) groups is 1. The lowest BCUT2D eigenvalue weighted by molar-refractivity contribution is -0.121. The van der Waals surface area contributed by atoms with Gasteiger partial charge in [0.15, 0.2) is 0 Å². The van der Waals surface area contributed by atoms with Gasteiger partial charge >= 0.3 is 0 Å². The van der Waals surface area contributed by atoms with Crippen molar-refractivity contribution in [3.63, 3.8) is 0 Å². The van der Waals surface area contributed by atoms with Crippen LogP contribution in [0.4, 0.5) is 0 Å². The predicted octanol–water partition coefficient (Wildman–Crippen LogP) is 3.11. The SMILES string of the molecule is CC(C)[C@@H]1CC[C@@H](C)CC12NC(=O)[C@H](Cc1ccccc1)N2. The Labute approximate surface area is 133 Å². The highest BCUT2D eigenvalue weighted by Gasteiger charge is 2.51. The Morgan fingerprint density at radius 2 is 1.95 bits per heavy atom. The lowest BCUT2D eigenvalue weighted by atomic mass is 9.70. The summed E-state index contributed by atoms with van der Waals surface area (Å²) in [5.74, 6) is 1.94. The van der Waals surface area contributed by atoms with Gasteiger partial charge in [-0.05, 0) is 42.6 Å². The third kappa shape index (κ3) is 2.91. The first-order valence-electron chi connectivity index (χ1n) is 8.64. The van der Waals surface area contributed by atoms with Crippen molar-refractivity contribution in [2.45, 2.75) is 58.2 Å². The quantitative estimate of drug-likeness (QED) is 0.900. The third-order valence-electron chi connectivity index (χ3n) is 5.46. The van der Waals surface area contributed by atoms with Gasteiger partial charge in [-0.1, -0.05) is 57.5 Å². The summed E-state index contributed by atoms with van der Waals surface area (Å²) >= 11 is 0. The average molecular weight is 300 g/mol. The minimum atomic E-state index is -0.192. The van der Waals surface area contributed by atoms with E-state index < -0.39 is 0 Å². The number of hydrogen-bond donors (Lipinski definition) is 2. The van der Waals surface area contributed by atoms with Crippen LogP contribution in [0.2, 0.25) is 0 Å². The highest BCUT2D eigenvalue weighted by atomic mass is 16.2. The van der Waals surface area contributed by atoms with Crippen molar-refractivity contribution in [3.05, 3.63) is 35.9 Å². The van der Waals surface area contributed by atoms with Crippen molar-refractivity contribution in [1.82, 2.24) is 10.6 Å². The lowest BCUT2D eigenvalue weighted by Crippen LogP contribution is -2.60. The topological polar surface area (TPSA) is 41.1 Å². The number of carbonyl (C=O) groups excluding carboxylic acids is 1. The summed E-state index contributed by atoms with van der Waals surface area (Å²) in [4.78, 5) is 12.6. The van der Waals surface area contributed by atoms with Crippen LogP contribution in [0.25, 0.3) is 0 Å². The Hall–Kier alpha value is -1.35. The summed E-state index contributed by atoms with van der Waals surface area (Å²) in [7, 11) is 0. The number of rotatable bonds is 3. The molecule has 0 aromatic heterocycles. The summed E-state index contributed by atoms with van der Waals surface area (Å²) < 4.78 is 0. The zero-order valence-electron chi connectivity index (χ0n) is 13.9. The van der Waals surface area contributed by atoms with E-state index in [1.165, 1.54) is 18.4 Å². The largest absolute Gasteiger partial charge is 0.336 e. The van der Waals surface area contributed by atoms with Gasteiger partial charge in [-0.3, -0.25) is 10.1 Å². The minimum Gasteiger partial charge on any atom is -0.336 e. The Morgan fingerprint density at radius 1 is 1.23 bits per heavy atom. The first-order chi connectivity index (χ1) is 10.5. The number of amides is 1. The van der Waals surface area contributed by atoms with Crippen LogP contribution in [0.15, 0.2) is 30.3 Å². The smallest absolute Gasteiger partial charge is 0.238 e. The number of benzene rings is 1. The molecule has 0 radical (unpaired) electrons. The predicted molar refractivity (Wildman–Crippen MR) is 89.3 cm³/mol. The Bertz CT molecular complexity index is 527. The highest BCUT2D eigenvalue weighted by Crippen LogP contribution is 2.41. The van der Waals surface area contributed by atoms with E-state index in [-0.39, 0.29) is 17.6 Å². The first-order valence-corrected chi connectivity index (χ1v) is 8.64. The van der Waals surface area contributed by atoms with Crippen molar-refractivity contribution in [1.29, 1.82) is 0 Å². The van der Waals surface area contributed by atoms with Crippen LogP contribution in [0.5, 0.6) is 0 Å². The monoisotopic (exact) mass is 300 g/mol. The summed E-state index contributed by atoms with van der Waals surface area (Å²) in [5, 5.41) is 7.06. The molecule has 120 valence electrons. The van der Waals surface area contributed by atoms with Crippen LogP contribution in [0.3, 0.4) is 0 Å². The first kappa shape index (κ1) is 15.5. The second kappa shape index (κ2) is 6.04. The van der Waals surface area contributed by atoms with Gasteiger partial charge in [0.1, 0.15) is 0 Å². The molecule has 1 spiro atoms. The van der Waals surface area contributed by atoms with Gasteiger partial charge in [0, 0.05) is 0 Å². The molecule has 1 saturated carbocycles. The van der Waals surface area contributed by atoms with Crippen molar-refractivity contribution in [2.75, 3.05) is 0 Å². The highest BCUT2D eigenvalue weighted by molar-refractivity contribution is 5.85. The van der Waals surface area contributed by atoms with Crippen LogP contribution >= 0.6 is 0 Å². The molecule has 2 aliphatic rings. The maximum atomic E-state index is 12.6. The fraction of sp³-hybridized carbons (Fsp3) is 0.632. The molecular weight excluding hydrogens is 272 g/mol. The molecule has 1 aliphatic heterocycles. The van der Waals surface area contributed by atoms with E-state index in [1.54, 1.807) is 0 Å². The summed E-state index contributed by atoms with van der Waals surface area (Å²) in [6, 6.07) is 10.2. The van der Waals surface area contributed by atoms with Crippen LogP contribution in [0, 0.1) is 17.8 Å². The molecule has 0 bridgehead atoms. The van der Waals surface area contributed by atoms with Crippen molar-refractivity contribution in [2.24, 2.45) is 17.8 Å². The third-order valence-corrected chi connectivity index (χ3v) is 5.46. The van der Waals surface area contributed by atoms with Crippen LogP contribution in [-0.2, 0) is 11.2 Å². The zero-order valence-corrected chi connectivity index (χ0v) is 13.9. The second-order valence-corrected chi connectivity index (χ2v) is 7.58. The van der Waals surface area contributed by atoms with E-state index in [9.17, 15) is 4.79 Å². The Kier molecular flexibility index (Phi) is 4.26. The molecule has 3 heteroatoms. The molecule has 1 saturated heterocycles. The van der Waals surface area contributed by atoms with Gasteiger partial charge < -0.3 is 5.32 Å². The number of hydrogen-bond acceptors (Lipinski definition) is 2. The molecular formula is C19H28N2O. The molecule has 1 aromatic rings. The minimum absolute atomic E-state index is 0.103. The molecule has 1 heterocycles. The van der Waals surface area contributed by atoms with E-state index in [0.717, 1.165) is 12.8 Å². The fourth-order valence-corrected chi connectivity index (χ4v) is 4.44. The molecule has 2 fully saturated rings. The van der Waals surface area contributed by atoms with Crippen LogP contribution in [-0.4, -0.2) is 17.6 Å². The standard InChI is InChI=1S/C19H28N2O/c1-13(2)16-10-9-14(3)12-19(16)20-17(18(22)21-19)11-15-7-5-4-6-8-15/h4-8,13-14,16-17,20H,9-12H2,1-3H3,(H,21,22)/t14-,16+,17+,19?/m1/s1. The molecule has 22 heavy (non-hydrogen) atoms. The summed E-state index contributed by atoms with van der Waals surface area (Å²) in [5.41, 5.74) is 1.03. The number of nitrogens with one attached hydrogen (secondary N) is 2. The maximum absolute atomic E-state index is 12.6. The molecule has 1 amide bonds. The van der Waals surface area contributed by atoms with E-state index in [2.05, 4.69) is 43.5 Å². The fourth-order valence-electron chi connectivity index (χ4n) is 4.44. The average Bonchev–Trinajstić information content (AvgIpc) is 2.75. The molecule has 4 atom stereocenters. The molecule has 2 N–H and O–H groups in total. The summed E-state index contributed by atoms with van der Waals surface area (Å²) in [6.07, 6.45) is 4.29. The van der Waals surface area contributed by atoms with E-state index >= 15 is 0 Å². The summed E-state index contributed by atoms with van der Waals surface area (Å²) in [6.45, 7) is 6.86. The van der Waals surface area contributed by atoms with Gasteiger partial charge in [0.05, 0.1) is 11.7 Å². The molecule has 1 aromatic carbocycles. The van der Waals surface area contributed by atoms with Crippen molar-refractivity contribution in [3.8, 4) is 0 Å². The molecule has 1 unspecified atom stereocenters. The van der Waals surface area contributed by atoms with Crippen molar-refractivity contribution < 1.29 is 4.79 Å². The Balaban J connectivity index is 1.79. The second-order valence-electron chi connectivity index (χ2n) is 7.58. The van der Waals surface area contributed by atoms with Gasteiger partial charge in [-0.25, -0.2) is 0 Å². The Morgan fingerprint density at radius 3 is 2.64 bits per heavy atom. The van der Waals surface area contributed by atoms with Crippen LogP contribution < -0.4 is 10.6 Å². The normalized spacial score (nSPS) is 35.1. The van der Waals surface area contributed by atoms with Crippen molar-refractivity contribution >= 4 is 5.91 Å². The maximum Gasteiger partial charge on any atom is 0.238 e. The van der Waals surface area contributed by atoms with Gasteiger partial charge in [0.25, 0.3) is 0 Å². The molecule has 3 rings (SSSR count). The van der Waals surface area contributed by atoms with Gasteiger partial charge in [0.2, 0.25) is 5.91 Å². The van der Waals surface area contributed by atoms with Crippen LogP contribution in [0.1, 0.15) is 45.6 Å². The van der Waals surface area contributed by atoms with Gasteiger partial charge in [-0.2, -0.15) is 0 Å². The lowest BCUT2D eigenvalue weighted by Gasteiger charge is -2.46. The van der Waals surface area contributed by atoms with E-state index in [1.807, 2.05) is 18.2 Å². The molecule has 1 aliphatic carbocycles. The zero-order chi connectivity index (χ0) is 15.7. The van der Waals surface area contributed by atoms with Gasteiger partial charge in [-0.15, -0.1) is 0 Å². The van der Waals surface area contributed by atoms with E-state index in [0.29, 0.717) is 17.8 Å². The van der Waals surface area contributed by atoms with E-state index in [4.69, 9.17) is 0 Å². The molecule has 3 nitrogen and oxygen atoms in total.